The second-order valence-electron chi connectivity index (χ2n) is 4.91. The number of rotatable bonds is 8. The van der Waals surface area contributed by atoms with Crippen molar-refractivity contribution in [2.75, 3.05) is 20.3 Å². The van der Waals surface area contributed by atoms with E-state index in [2.05, 4.69) is 5.32 Å². The van der Waals surface area contributed by atoms with Gasteiger partial charge in [-0.15, -0.1) is 0 Å². The highest BCUT2D eigenvalue weighted by Gasteiger charge is 2.35. The number of carbonyl (C=O) groups is 2. The summed E-state index contributed by atoms with van der Waals surface area (Å²) in [5.41, 5.74) is -1.23. The minimum absolute atomic E-state index is 0.102. The zero-order valence-corrected chi connectivity index (χ0v) is 12.5. The number of hydrogen-bond acceptors (Lipinski definition) is 3. The Balaban J connectivity index is 4.83. The molecule has 6 heteroatoms. The van der Waals surface area contributed by atoms with Gasteiger partial charge in [0.05, 0.1) is 12.6 Å². The van der Waals surface area contributed by atoms with Gasteiger partial charge in [-0.3, -0.25) is 0 Å². The van der Waals surface area contributed by atoms with E-state index < -0.39 is 11.5 Å². The SMILES string of the molecule is CCCC(C)(NC(=O)N(CC)C(C)COC)C(=O)O. The molecule has 0 aliphatic carbocycles. The van der Waals surface area contributed by atoms with Crippen molar-refractivity contribution in [3.8, 4) is 0 Å². The van der Waals surface area contributed by atoms with E-state index in [1.807, 2.05) is 20.8 Å². The summed E-state index contributed by atoms with van der Waals surface area (Å²) in [7, 11) is 1.57. The fourth-order valence-electron chi connectivity index (χ4n) is 2.02. The highest BCUT2D eigenvalue weighted by molar-refractivity contribution is 5.86. The first-order valence-electron chi connectivity index (χ1n) is 6.63. The molecule has 0 saturated carbocycles. The van der Waals surface area contributed by atoms with E-state index in [9.17, 15) is 14.7 Å². The summed E-state index contributed by atoms with van der Waals surface area (Å²) in [5, 5.41) is 11.9. The van der Waals surface area contributed by atoms with Crippen LogP contribution in [0.25, 0.3) is 0 Å². The fourth-order valence-corrected chi connectivity index (χ4v) is 2.02. The lowest BCUT2D eigenvalue weighted by Crippen LogP contribution is -2.57. The van der Waals surface area contributed by atoms with Crippen LogP contribution in [-0.4, -0.2) is 53.8 Å². The number of likely N-dealkylation sites (N-methyl/N-ethyl adjacent to an activating group) is 1. The van der Waals surface area contributed by atoms with Gasteiger partial charge >= 0.3 is 12.0 Å². The molecule has 0 radical (unpaired) electrons. The molecule has 2 atom stereocenters. The molecule has 2 N–H and O–H groups in total. The van der Waals surface area contributed by atoms with Crippen LogP contribution in [0.5, 0.6) is 0 Å². The van der Waals surface area contributed by atoms with Gasteiger partial charge in [0.2, 0.25) is 0 Å². The van der Waals surface area contributed by atoms with E-state index in [1.54, 1.807) is 12.0 Å². The monoisotopic (exact) mass is 274 g/mol. The van der Waals surface area contributed by atoms with Crippen molar-refractivity contribution in [2.45, 2.75) is 52.1 Å². The fraction of sp³-hybridized carbons (Fsp3) is 0.846. The molecule has 2 amide bonds. The Morgan fingerprint density at radius 2 is 2.00 bits per heavy atom. The second kappa shape index (κ2) is 7.99. The van der Waals surface area contributed by atoms with Crippen LogP contribution >= 0.6 is 0 Å². The average molecular weight is 274 g/mol. The van der Waals surface area contributed by atoms with Crippen LogP contribution < -0.4 is 5.32 Å². The number of ether oxygens (including phenoxy) is 1. The molecule has 0 aliphatic rings. The van der Waals surface area contributed by atoms with Crippen molar-refractivity contribution in [3.05, 3.63) is 0 Å². The summed E-state index contributed by atoms with van der Waals surface area (Å²) >= 11 is 0. The minimum Gasteiger partial charge on any atom is -0.480 e. The lowest BCUT2D eigenvalue weighted by atomic mass is 9.96. The summed E-state index contributed by atoms with van der Waals surface area (Å²) < 4.78 is 5.02. The van der Waals surface area contributed by atoms with Crippen molar-refractivity contribution in [1.82, 2.24) is 10.2 Å². The Hall–Kier alpha value is -1.30. The number of nitrogens with one attached hydrogen (secondary N) is 1. The van der Waals surface area contributed by atoms with Gasteiger partial charge in [-0.05, 0) is 27.2 Å². The van der Waals surface area contributed by atoms with Gasteiger partial charge in [-0.1, -0.05) is 13.3 Å². The standard InChI is InChI=1S/C13H26N2O4/c1-6-8-13(4,11(16)17)14-12(18)15(7-2)10(3)9-19-5/h10H,6-9H2,1-5H3,(H,14,18)(H,16,17). The molecule has 0 rings (SSSR count). The van der Waals surface area contributed by atoms with E-state index in [-0.39, 0.29) is 12.1 Å². The Morgan fingerprint density at radius 1 is 1.42 bits per heavy atom. The zero-order chi connectivity index (χ0) is 15.1. The Bertz CT molecular complexity index is 309. The van der Waals surface area contributed by atoms with Gasteiger partial charge in [0.25, 0.3) is 0 Å². The first-order valence-corrected chi connectivity index (χ1v) is 6.63. The van der Waals surface area contributed by atoms with Gasteiger partial charge in [-0.2, -0.15) is 0 Å². The zero-order valence-electron chi connectivity index (χ0n) is 12.5. The number of carboxylic acids is 1. The number of carbonyl (C=O) groups excluding carboxylic acids is 1. The van der Waals surface area contributed by atoms with Crippen LogP contribution in [0.4, 0.5) is 4.79 Å². The third-order valence-corrected chi connectivity index (χ3v) is 3.15. The number of hydrogen-bond donors (Lipinski definition) is 2. The molecule has 0 heterocycles. The first-order chi connectivity index (χ1) is 8.82. The van der Waals surface area contributed by atoms with E-state index in [0.717, 1.165) is 0 Å². The normalized spacial score (nSPS) is 15.4. The van der Waals surface area contributed by atoms with Crippen molar-refractivity contribution in [1.29, 1.82) is 0 Å². The molecule has 0 aromatic carbocycles. The van der Waals surface area contributed by atoms with Crippen LogP contribution in [0.2, 0.25) is 0 Å². The molecule has 2 unspecified atom stereocenters. The van der Waals surface area contributed by atoms with Crippen LogP contribution in [0.1, 0.15) is 40.5 Å². The molecule has 0 fully saturated rings. The topological polar surface area (TPSA) is 78.9 Å². The van der Waals surface area contributed by atoms with Crippen molar-refractivity contribution in [2.24, 2.45) is 0 Å². The molecule has 112 valence electrons. The molecule has 0 saturated heterocycles. The summed E-state index contributed by atoms with van der Waals surface area (Å²) in [6.45, 7) is 8.05. The van der Waals surface area contributed by atoms with E-state index in [1.165, 1.54) is 6.92 Å². The molecule has 0 aliphatic heterocycles. The maximum absolute atomic E-state index is 12.2. The van der Waals surface area contributed by atoms with Crippen LogP contribution in [0.15, 0.2) is 0 Å². The minimum atomic E-state index is -1.23. The van der Waals surface area contributed by atoms with Crippen LogP contribution in [0.3, 0.4) is 0 Å². The summed E-state index contributed by atoms with van der Waals surface area (Å²) in [6, 6.07) is -0.472. The van der Waals surface area contributed by atoms with Crippen molar-refractivity contribution in [3.63, 3.8) is 0 Å². The van der Waals surface area contributed by atoms with Gasteiger partial charge in [0.15, 0.2) is 0 Å². The highest BCUT2D eigenvalue weighted by atomic mass is 16.5. The maximum Gasteiger partial charge on any atom is 0.329 e. The largest absolute Gasteiger partial charge is 0.480 e. The van der Waals surface area contributed by atoms with Gasteiger partial charge < -0.3 is 20.1 Å². The smallest absolute Gasteiger partial charge is 0.329 e. The van der Waals surface area contributed by atoms with Crippen molar-refractivity contribution < 1.29 is 19.4 Å². The first kappa shape index (κ1) is 17.7. The number of aliphatic carboxylic acids is 1. The second-order valence-corrected chi connectivity index (χ2v) is 4.91. The van der Waals surface area contributed by atoms with Gasteiger partial charge in [0, 0.05) is 13.7 Å². The maximum atomic E-state index is 12.2. The van der Waals surface area contributed by atoms with Crippen LogP contribution in [-0.2, 0) is 9.53 Å². The molecule has 6 nitrogen and oxygen atoms in total. The van der Waals surface area contributed by atoms with E-state index in [4.69, 9.17) is 4.74 Å². The Kier molecular flexibility index (Phi) is 7.44. The highest BCUT2D eigenvalue weighted by Crippen LogP contribution is 2.14. The third kappa shape index (κ3) is 5.06. The molecule has 0 spiro atoms. The van der Waals surface area contributed by atoms with E-state index in [0.29, 0.717) is 26.0 Å². The number of nitrogens with zero attached hydrogens (tertiary/aromatic N) is 1. The van der Waals surface area contributed by atoms with E-state index >= 15 is 0 Å². The molecule has 0 aromatic heterocycles. The molecular weight excluding hydrogens is 248 g/mol. The summed E-state index contributed by atoms with van der Waals surface area (Å²) in [6.07, 6.45) is 1.08. The number of methoxy groups -OCH3 is 1. The summed E-state index contributed by atoms with van der Waals surface area (Å²) in [4.78, 5) is 25.0. The number of carboxylic acid groups (broad SMARTS) is 1. The van der Waals surface area contributed by atoms with Crippen molar-refractivity contribution >= 4 is 12.0 Å². The number of amides is 2. The molecule has 19 heavy (non-hydrogen) atoms. The van der Waals surface area contributed by atoms with Gasteiger partial charge in [-0.25, -0.2) is 9.59 Å². The third-order valence-electron chi connectivity index (χ3n) is 3.15. The number of urea groups is 1. The van der Waals surface area contributed by atoms with Crippen LogP contribution in [0, 0.1) is 0 Å². The Labute approximate surface area is 115 Å². The summed E-state index contributed by atoms with van der Waals surface area (Å²) in [5.74, 6) is -1.02. The molecular formula is C13H26N2O4. The lowest BCUT2D eigenvalue weighted by molar-refractivity contribution is -0.144. The Morgan fingerprint density at radius 3 is 2.37 bits per heavy atom. The molecule has 0 aromatic rings. The van der Waals surface area contributed by atoms with Gasteiger partial charge in [0.1, 0.15) is 5.54 Å². The predicted molar refractivity (Wildman–Crippen MR) is 73.2 cm³/mol. The lowest BCUT2D eigenvalue weighted by Gasteiger charge is -2.33. The quantitative estimate of drug-likeness (QED) is 0.706. The predicted octanol–water partition coefficient (Wildman–Crippen LogP) is 1.70. The average Bonchev–Trinajstić information content (AvgIpc) is 2.30. The molecule has 0 bridgehead atoms.